The fraction of sp³-hybridized carbons (Fsp3) is 0.200. The summed E-state index contributed by atoms with van der Waals surface area (Å²) in [4.78, 5) is 33.7. The van der Waals surface area contributed by atoms with E-state index in [0.29, 0.717) is 11.1 Å². The van der Waals surface area contributed by atoms with E-state index in [4.69, 9.17) is 4.74 Å². The molecule has 0 bridgehead atoms. The van der Waals surface area contributed by atoms with Gasteiger partial charge in [0, 0.05) is 24.9 Å². The van der Waals surface area contributed by atoms with Gasteiger partial charge >= 0.3 is 5.97 Å². The molecule has 0 atom stereocenters. The minimum absolute atomic E-state index is 0.105. The van der Waals surface area contributed by atoms with Gasteiger partial charge in [-0.05, 0) is 19.1 Å². The number of hydrogen-bond acceptors (Lipinski definition) is 5. The van der Waals surface area contributed by atoms with E-state index in [1.54, 1.807) is 19.2 Å². The lowest BCUT2D eigenvalue weighted by atomic mass is 10.2. The van der Waals surface area contributed by atoms with Gasteiger partial charge in [0.25, 0.3) is 5.69 Å². The first-order valence-corrected chi connectivity index (χ1v) is 6.47. The number of aromatic nitrogens is 1. The van der Waals surface area contributed by atoms with Gasteiger partial charge in [0.15, 0.2) is 5.78 Å². The molecule has 2 aromatic rings. The van der Waals surface area contributed by atoms with Crippen molar-refractivity contribution in [3.8, 4) is 0 Å². The average molecular weight is 302 g/mol. The molecule has 0 spiro atoms. The van der Waals surface area contributed by atoms with E-state index in [2.05, 4.69) is 0 Å². The van der Waals surface area contributed by atoms with E-state index in [1.807, 2.05) is 0 Å². The van der Waals surface area contributed by atoms with Gasteiger partial charge in [-0.2, -0.15) is 0 Å². The number of hydrogen-bond donors (Lipinski definition) is 0. The Morgan fingerprint density at radius 1 is 1.32 bits per heavy atom. The van der Waals surface area contributed by atoms with Crippen LogP contribution in [0.5, 0.6) is 0 Å². The maximum absolute atomic E-state index is 12.0. The third-order valence-electron chi connectivity index (χ3n) is 3.17. The zero-order valence-corrected chi connectivity index (χ0v) is 12.1. The monoisotopic (exact) mass is 302 g/mol. The molecule has 0 aliphatic carbocycles. The first-order chi connectivity index (χ1) is 10.4. The molecule has 114 valence electrons. The Labute approximate surface area is 126 Å². The summed E-state index contributed by atoms with van der Waals surface area (Å²) < 4.78 is 6.59. The Morgan fingerprint density at radius 2 is 2.00 bits per heavy atom. The summed E-state index contributed by atoms with van der Waals surface area (Å²) in [5.41, 5.74) is 0.817. The Morgan fingerprint density at radius 3 is 2.59 bits per heavy atom. The van der Waals surface area contributed by atoms with Crippen LogP contribution >= 0.6 is 0 Å². The van der Waals surface area contributed by atoms with E-state index in [-0.39, 0.29) is 23.8 Å². The molecule has 0 saturated carbocycles. The number of ether oxygens (including phenoxy) is 1. The van der Waals surface area contributed by atoms with Crippen LogP contribution in [0.15, 0.2) is 36.5 Å². The lowest BCUT2D eigenvalue weighted by Gasteiger charge is -2.06. The second-order valence-electron chi connectivity index (χ2n) is 4.74. The Hall–Kier alpha value is -2.96. The van der Waals surface area contributed by atoms with Crippen LogP contribution in [0.1, 0.15) is 33.3 Å². The number of carbonyl (C=O) groups is 2. The molecule has 0 N–H and O–H groups in total. The second-order valence-corrected chi connectivity index (χ2v) is 4.74. The van der Waals surface area contributed by atoms with E-state index in [0.717, 1.165) is 0 Å². The Balaban J connectivity index is 2.14. The summed E-state index contributed by atoms with van der Waals surface area (Å²) in [7, 11) is 1.62. The van der Waals surface area contributed by atoms with Crippen LogP contribution in [0.2, 0.25) is 0 Å². The third-order valence-corrected chi connectivity index (χ3v) is 3.17. The van der Waals surface area contributed by atoms with Crippen LogP contribution in [-0.2, 0) is 18.4 Å². The van der Waals surface area contributed by atoms with Crippen LogP contribution in [-0.4, -0.2) is 21.2 Å². The van der Waals surface area contributed by atoms with E-state index < -0.39 is 10.9 Å². The van der Waals surface area contributed by atoms with Gasteiger partial charge in [-0.15, -0.1) is 0 Å². The molecule has 0 fully saturated rings. The second kappa shape index (κ2) is 6.21. The smallest absolute Gasteiger partial charge is 0.355 e. The van der Waals surface area contributed by atoms with Gasteiger partial charge in [-0.1, -0.05) is 12.1 Å². The van der Waals surface area contributed by atoms with Crippen molar-refractivity contribution in [1.29, 1.82) is 0 Å². The lowest BCUT2D eigenvalue weighted by Crippen LogP contribution is -2.10. The number of nitrogens with zero attached hydrogens (tertiary/aromatic N) is 2. The van der Waals surface area contributed by atoms with Crippen LogP contribution in [0.4, 0.5) is 5.69 Å². The number of aryl methyl sites for hydroxylation is 1. The van der Waals surface area contributed by atoms with E-state index >= 15 is 0 Å². The predicted molar refractivity (Wildman–Crippen MR) is 77.6 cm³/mol. The first-order valence-electron chi connectivity index (χ1n) is 6.47. The van der Waals surface area contributed by atoms with Crippen LogP contribution in [0.3, 0.4) is 0 Å². The summed E-state index contributed by atoms with van der Waals surface area (Å²) >= 11 is 0. The first kappa shape index (κ1) is 15.4. The zero-order chi connectivity index (χ0) is 16.3. The summed E-state index contributed by atoms with van der Waals surface area (Å²) in [6.07, 6.45) is 1.53. The number of rotatable bonds is 5. The molecule has 7 nitrogen and oxygen atoms in total. The molecule has 22 heavy (non-hydrogen) atoms. The highest BCUT2D eigenvalue weighted by Crippen LogP contribution is 2.19. The summed E-state index contributed by atoms with van der Waals surface area (Å²) in [6, 6.07) is 7.48. The molecule has 1 aromatic heterocycles. The Kier molecular flexibility index (Phi) is 4.36. The highest BCUT2D eigenvalue weighted by atomic mass is 16.6. The van der Waals surface area contributed by atoms with E-state index in [1.165, 1.54) is 35.9 Å². The van der Waals surface area contributed by atoms with Gasteiger partial charge < -0.3 is 9.30 Å². The number of carbonyl (C=O) groups excluding carboxylic acids is 2. The number of nitro groups is 1. The molecular weight excluding hydrogens is 288 g/mol. The maximum atomic E-state index is 12.0. The molecule has 0 radical (unpaired) electrons. The fourth-order valence-electron chi connectivity index (χ4n) is 1.99. The van der Waals surface area contributed by atoms with Crippen LogP contribution in [0.25, 0.3) is 0 Å². The molecule has 1 aromatic carbocycles. The topological polar surface area (TPSA) is 91.4 Å². The highest BCUT2D eigenvalue weighted by Gasteiger charge is 2.18. The molecule has 0 unspecified atom stereocenters. The fourth-order valence-corrected chi connectivity index (χ4v) is 1.99. The van der Waals surface area contributed by atoms with Gasteiger partial charge in [0.05, 0.1) is 10.5 Å². The number of nitro benzene ring substituents is 1. The van der Waals surface area contributed by atoms with Gasteiger partial charge in [0.1, 0.15) is 12.3 Å². The number of esters is 1. The summed E-state index contributed by atoms with van der Waals surface area (Å²) in [6.45, 7) is 1.19. The van der Waals surface area contributed by atoms with Crippen LogP contribution in [0, 0.1) is 10.1 Å². The number of Topliss-reactive ketones (excluding diaryl/α,β-unsaturated/α-hetero) is 1. The van der Waals surface area contributed by atoms with Crippen molar-refractivity contribution in [2.24, 2.45) is 7.05 Å². The molecule has 0 aliphatic heterocycles. The number of para-hydroxylation sites is 1. The van der Waals surface area contributed by atoms with Crippen molar-refractivity contribution >= 4 is 17.4 Å². The predicted octanol–water partition coefficient (Wildman–Crippen LogP) is 2.49. The van der Waals surface area contributed by atoms with E-state index in [9.17, 15) is 19.7 Å². The zero-order valence-electron chi connectivity index (χ0n) is 12.1. The minimum Gasteiger partial charge on any atom is -0.456 e. The molecule has 1 heterocycles. The van der Waals surface area contributed by atoms with Crippen molar-refractivity contribution in [2.45, 2.75) is 13.5 Å². The Bertz CT molecular complexity index is 748. The highest BCUT2D eigenvalue weighted by molar-refractivity contribution is 5.97. The quantitative estimate of drug-likeness (QED) is 0.366. The summed E-state index contributed by atoms with van der Waals surface area (Å²) in [5.74, 6) is -0.804. The van der Waals surface area contributed by atoms with Crippen molar-refractivity contribution in [3.05, 3.63) is 63.5 Å². The normalized spacial score (nSPS) is 10.3. The summed E-state index contributed by atoms with van der Waals surface area (Å²) in [5, 5.41) is 10.9. The average Bonchev–Trinajstić information content (AvgIpc) is 2.87. The van der Waals surface area contributed by atoms with Crippen molar-refractivity contribution in [1.82, 2.24) is 4.57 Å². The maximum Gasteiger partial charge on any atom is 0.355 e. The molecule has 0 amide bonds. The SMILES string of the molecule is CC(=O)c1cc(C(=O)OCc2ccccc2[N+](=O)[O-])n(C)c1. The van der Waals surface area contributed by atoms with Gasteiger partial charge in [-0.3, -0.25) is 14.9 Å². The lowest BCUT2D eigenvalue weighted by molar-refractivity contribution is -0.385. The standard InChI is InChI=1S/C15H14N2O5/c1-10(18)12-7-14(16(2)8-12)15(19)22-9-11-5-3-4-6-13(11)17(20)21/h3-8H,9H2,1-2H3. The minimum atomic E-state index is -0.645. The molecule has 0 saturated heterocycles. The number of ketones is 1. The van der Waals surface area contributed by atoms with Crippen molar-refractivity contribution in [2.75, 3.05) is 0 Å². The van der Waals surface area contributed by atoms with Crippen LogP contribution < -0.4 is 0 Å². The third kappa shape index (κ3) is 3.20. The molecular formula is C15H14N2O5. The van der Waals surface area contributed by atoms with Gasteiger partial charge in [0.2, 0.25) is 0 Å². The largest absolute Gasteiger partial charge is 0.456 e. The molecule has 0 aliphatic rings. The molecule has 2 rings (SSSR count). The van der Waals surface area contributed by atoms with Gasteiger partial charge in [-0.25, -0.2) is 4.79 Å². The van der Waals surface area contributed by atoms with Crippen molar-refractivity contribution in [3.63, 3.8) is 0 Å². The molecule has 7 heteroatoms. The van der Waals surface area contributed by atoms with Crippen molar-refractivity contribution < 1.29 is 19.2 Å². The number of benzene rings is 1.